The number of aromatic nitrogens is 2. The second-order valence-corrected chi connectivity index (χ2v) is 7.62. The fourth-order valence-corrected chi connectivity index (χ4v) is 3.29. The summed E-state index contributed by atoms with van der Waals surface area (Å²) in [7, 11) is 0. The van der Waals surface area contributed by atoms with Crippen molar-refractivity contribution in [2.45, 2.75) is 6.92 Å². The van der Waals surface area contributed by atoms with Crippen molar-refractivity contribution in [2.75, 3.05) is 5.32 Å². The van der Waals surface area contributed by atoms with Crippen LogP contribution in [0.15, 0.2) is 90.2 Å². The predicted octanol–water partition coefficient (Wildman–Crippen LogP) is 5.08. The monoisotopic (exact) mass is 456 g/mol. The molecule has 164 valence electrons. The predicted molar refractivity (Wildman–Crippen MR) is 134 cm³/mol. The van der Waals surface area contributed by atoms with Gasteiger partial charge in [0.15, 0.2) is 5.11 Å². The number of hydrogen-bond donors (Lipinski definition) is 2. The van der Waals surface area contributed by atoms with Crippen LogP contribution in [0.2, 0.25) is 0 Å². The van der Waals surface area contributed by atoms with Crippen LogP contribution in [-0.2, 0) is 0 Å². The van der Waals surface area contributed by atoms with Gasteiger partial charge in [-0.1, -0.05) is 35.9 Å². The highest BCUT2D eigenvalue weighted by atomic mass is 32.1. The number of anilines is 1. The smallest absolute Gasteiger partial charge is 0.269 e. The highest BCUT2D eigenvalue weighted by Crippen LogP contribution is 2.25. The van der Waals surface area contributed by atoms with E-state index in [2.05, 4.69) is 15.8 Å². The van der Waals surface area contributed by atoms with Crippen LogP contribution in [0.5, 0.6) is 0 Å². The molecule has 0 aliphatic heterocycles. The number of rotatable bonds is 6. The van der Waals surface area contributed by atoms with Gasteiger partial charge in [0.25, 0.3) is 5.69 Å². The molecule has 0 radical (unpaired) electrons. The lowest BCUT2D eigenvalue weighted by atomic mass is 10.1. The number of thiocarbonyl (C=S) groups is 1. The Morgan fingerprint density at radius 1 is 1.06 bits per heavy atom. The minimum absolute atomic E-state index is 0.0194. The van der Waals surface area contributed by atoms with Gasteiger partial charge in [0, 0.05) is 35.1 Å². The van der Waals surface area contributed by atoms with Gasteiger partial charge in [-0.25, -0.2) is 4.68 Å². The van der Waals surface area contributed by atoms with Gasteiger partial charge in [-0.3, -0.25) is 15.5 Å². The summed E-state index contributed by atoms with van der Waals surface area (Å²) in [5, 5.41) is 23.4. The van der Waals surface area contributed by atoms with Gasteiger partial charge in [0.05, 0.1) is 16.8 Å². The van der Waals surface area contributed by atoms with Crippen LogP contribution in [0.25, 0.3) is 16.9 Å². The number of nitro benzene ring substituents is 1. The number of nitrogens with one attached hydrogen (secondary N) is 2. The van der Waals surface area contributed by atoms with Crippen molar-refractivity contribution in [2.24, 2.45) is 5.10 Å². The van der Waals surface area contributed by atoms with Crippen molar-refractivity contribution < 1.29 is 4.92 Å². The van der Waals surface area contributed by atoms with Gasteiger partial charge in [0.2, 0.25) is 0 Å². The molecular formula is C24H20N6O2S. The van der Waals surface area contributed by atoms with E-state index in [0.29, 0.717) is 10.8 Å². The molecule has 2 N–H and O–H groups in total. The standard InChI is InChI=1S/C24H20N6O2S/c1-17-7-11-21(12-8-17)29-16-19(15-25-27-24(33)26-20-5-3-2-4-6-20)23(28-29)18-9-13-22(14-10-18)30(31)32/h2-16H,1H3,(H2,26,27,33)/b25-15+. The van der Waals surface area contributed by atoms with Gasteiger partial charge in [0.1, 0.15) is 5.69 Å². The first kappa shape index (κ1) is 21.8. The van der Waals surface area contributed by atoms with E-state index in [4.69, 9.17) is 17.3 Å². The van der Waals surface area contributed by atoms with Crippen LogP contribution in [0.4, 0.5) is 11.4 Å². The van der Waals surface area contributed by atoms with E-state index in [1.807, 2.05) is 67.7 Å². The Bertz CT molecular complexity index is 1300. The van der Waals surface area contributed by atoms with E-state index >= 15 is 0 Å². The number of nitro groups is 1. The Kier molecular flexibility index (Phi) is 6.51. The molecule has 4 aromatic rings. The quantitative estimate of drug-likeness (QED) is 0.182. The zero-order chi connectivity index (χ0) is 23.2. The SMILES string of the molecule is Cc1ccc(-n2cc(/C=N/NC(=S)Nc3ccccc3)c(-c3ccc([N+](=O)[O-])cc3)n2)cc1. The molecule has 0 aliphatic carbocycles. The van der Waals surface area contributed by atoms with Crippen LogP contribution < -0.4 is 10.7 Å². The molecule has 0 fully saturated rings. The number of para-hydroxylation sites is 1. The zero-order valence-electron chi connectivity index (χ0n) is 17.7. The van der Waals surface area contributed by atoms with Crippen LogP contribution in [0.3, 0.4) is 0 Å². The minimum Gasteiger partial charge on any atom is -0.331 e. The molecular weight excluding hydrogens is 436 g/mol. The fourth-order valence-electron chi connectivity index (χ4n) is 3.12. The number of non-ortho nitro benzene ring substituents is 1. The number of aryl methyl sites for hydroxylation is 1. The Morgan fingerprint density at radius 3 is 2.42 bits per heavy atom. The molecule has 0 bridgehead atoms. The van der Waals surface area contributed by atoms with E-state index in [9.17, 15) is 10.1 Å². The largest absolute Gasteiger partial charge is 0.331 e. The first-order valence-corrected chi connectivity index (χ1v) is 10.5. The van der Waals surface area contributed by atoms with E-state index in [0.717, 1.165) is 28.1 Å². The second-order valence-electron chi connectivity index (χ2n) is 7.21. The average Bonchev–Trinajstić information content (AvgIpc) is 3.24. The molecule has 1 heterocycles. The second kappa shape index (κ2) is 9.84. The molecule has 8 nitrogen and oxygen atoms in total. The third-order valence-electron chi connectivity index (χ3n) is 4.79. The van der Waals surface area contributed by atoms with Gasteiger partial charge in [-0.2, -0.15) is 10.2 Å². The summed E-state index contributed by atoms with van der Waals surface area (Å²) in [5.41, 5.74) is 7.80. The number of nitrogens with zero attached hydrogens (tertiary/aromatic N) is 4. The zero-order valence-corrected chi connectivity index (χ0v) is 18.5. The first-order valence-electron chi connectivity index (χ1n) is 10.1. The normalized spacial score (nSPS) is 10.8. The van der Waals surface area contributed by atoms with E-state index in [-0.39, 0.29) is 5.69 Å². The molecule has 4 rings (SSSR count). The molecule has 0 spiro atoms. The van der Waals surface area contributed by atoms with Gasteiger partial charge < -0.3 is 5.32 Å². The molecule has 33 heavy (non-hydrogen) atoms. The third kappa shape index (κ3) is 5.46. The summed E-state index contributed by atoms with van der Waals surface area (Å²) < 4.78 is 1.75. The van der Waals surface area contributed by atoms with Crippen LogP contribution >= 0.6 is 12.2 Å². The summed E-state index contributed by atoms with van der Waals surface area (Å²) in [4.78, 5) is 10.6. The summed E-state index contributed by atoms with van der Waals surface area (Å²) in [6, 6.07) is 23.7. The van der Waals surface area contributed by atoms with Gasteiger partial charge in [-0.15, -0.1) is 0 Å². The Hall–Kier alpha value is -4.37. The first-order chi connectivity index (χ1) is 16.0. The molecule has 0 saturated heterocycles. The number of hydrogen-bond acceptors (Lipinski definition) is 5. The lowest BCUT2D eigenvalue weighted by molar-refractivity contribution is -0.384. The maximum atomic E-state index is 11.0. The molecule has 0 atom stereocenters. The summed E-state index contributed by atoms with van der Waals surface area (Å²) >= 11 is 5.29. The molecule has 1 aromatic heterocycles. The van der Waals surface area contributed by atoms with E-state index < -0.39 is 4.92 Å². The van der Waals surface area contributed by atoms with Crippen LogP contribution in [0.1, 0.15) is 11.1 Å². The average molecular weight is 457 g/mol. The van der Waals surface area contributed by atoms with E-state index in [1.54, 1.807) is 23.0 Å². The van der Waals surface area contributed by atoms with Gasteiger partial charge >= 0.3 is 0 Å². The summed E-state index contributed by atoms with van der Waals surface area (Å²) in [6.07, 6.45) is 3.47. The topological polar surface area (TPSA) is 97.4 Å². The maximum Gasteiger partial charge on any atom is 0.269 e. The minimum atomic E-state index is -0.429. The van der Waals surface area contributed by atoms with Crippen molar-refractivity contribution >= 4 is 34.9 Å². The number of benzene rings is 3. The highest BCUT2D eigenvalue weighted by Gasteiger charge is 2.13. The van der Waals surface area contributed by atoms with Crippen molar-refractivity contribution in [1.29, 1.82) is 0 Å². The highest BCUT2D eigenvalue weighted by molar-refractivity contribution is 7.80. The van der Waals surface area contributed by atoms with Crippen molar-refractivity contribution in [3.63, 3.8) is 0 Å². The Morgan fingerprint density at radius 2 is 1.76 bits per heavy atom. The molecule has 0 unspecified atom stereocenters. The summed E-state index contributed by atoms with van der Waals surface area (Å²) in [6.45, 7) is 2.02. The van der Waals surface area contributed by atoms with Crippen molar-refractivity contribution in [3.8, 4) is 16.9 Å². The van der Waals surface area contributed by atoms with Crippen LogP contribution in [-0.4, -0.2) is 26.0 Å². The lowest BCUT2D eigenvalue weighted by Gasteiger charge is -2.06. The lowest BCUT2D eigenvalue weighted by Crippen LogP contribution is -2.23. The molecule has 0 aliphatic rings. The van der Waals surface area contributed by atoms with E-state index in [1.165, 1.54) is 12.1 Å². The Labute approximate surface area is 195 Å². The molecule has 0 amide bonds. The van der Waals surface area contributed by atoms with Crippen LogP contribution in [0, 0.1) is 17.0 Å². The fraction of sp³-hybridized carbons (Fsp3) is 0.0417. The summed E-state index contributed by atoms with van der Waals surface area (Å²) in [5.74, 6) is 0. The van der Waals surface area contributed by atoms with Crippen molar-refractivity contribution in [3.05, 3.63) is 106 Å². The molecule has 9 heteroatoms. The molecule has 0 saturated carbocycles. The Balaban J connectivity index is 1.60. The molecule has 3 aromatic carbocycles. The number of hydrazone groups is 1. The van der Waals surface area contributed by atoms with Crippen molar-refractivity contribution in [1.82, 2.24) is 15.2 Å². The third-order valence-corrected chi connectivity index (χ3v) is 4.99. The van der Waals surface area contributed by atoms with Gasteiger partial charge in [-0.05, 0) is 55.5 Å². The maximum absolute atomic E-state index is 11.0.